The second kappa shape index (κ2) is 6.37. The van der Waals surface area contributed by atoms with E-state index in [1.54, 1.807) is 17.4 Å². The maximum absolute atomic E-state index is 12.1. The molecule has 1 aliphatic rings. The molecule has 3 heterocycles. The Kier molecular flexibility index (Phi) is 4.33. The highest BCUT2D eigenvalue weighted by atomic mass is 32.1. The van der Waals surface area contributed by atoms with Crippen LogP contribution < -0.4 is 0 Å². The number of likely N-dealkylation sites (tertiary alicyclic amines) is 1. The number of carbonyl (C=O) groups is 1. The van der Waals surface area contributed by atoms with Crippen LogP contribution in [-0.4, -0.2) is 23.9 Å². The van der Waals surface area contributed by atoms with Gasteiger partial charge in [-0.3, -0.25) is 4.79 Å². The predicted molar refractivity (Wildman–Crippen MR) is 86.2 cm³/mol. The summed E-state index contributed by atoms with van der Waals surface area (Å²) in [5, 5.41) is 6.21. The van der Waals surface area contributed by atoms with Crippen LogP contribution in [-0.2, 0) is 4.79 Å². The van der Waals surface area contributed by atoms with Gasteiger partial charge in [0, 0.05) is 24.0 Å². The van der Waals surface area contributed by atoms with Crippen LogP contribution in [0.3, 0.4) is 0 Å². The highest BCUT2D eigenvalue weighted by Crippen LogP contribution is 2.31. The van der Waals surface area contributed by atoms with Gasteiger partial charge in [0.05, 0.1) is 0 Å². The van der Waals surface area contributed by atoms with Crippen molar-refractivity contribution in [2.75, 3.05) is 13.1 Å². The SMILES string of the molecule is O=C(/C=C/c1ccsc1)N1CCC(c2cccs2)CC1. The van der Waals surface area contributed by atoms with Crippen LogP contribution >= 0.6 is 22.7 Å². The van der Waals surface area contributed by atoms with E-state index in [1.165, 1.54) is 4.88 Å². The highest BCUT2D eigenvalue weighted by molar-refractivity contribution is 7.10. The third kappa shape index (κ3) is 3.19. The summed E-state index contributed by atoms with van der Waals surface area (Å²) in [6.07, 6.45) is 5.77. The van der Waals surface area contributed by atoms with E-state index < -0.39 is 0 Å². The third-order valence-corrected chi connectivity index (χ3v) is 5.45. The van der Waals surface area contributed by atoms with Crippen LogP contribution in [0.4, 0.5) is 0 Å². The van der Waals surface area contributed by atoms with Crippen molar-refractivity contribution < 1.29 is 4.79 Å². The smallest absolute Gasteiger partial charge is 0.246 e. The van der Waals surface area contributed by atoms with Gasteiger partial charge in [-0.2, -0.15) is 11.3 Å². The molecule has 0 aromatic carbocycles. The number of thiophene rings is 2. The quantitative estimate of drug-likeness (QED) is 0.777. The molecule has 20 heavy (non-hydrogen) atoms. The van der Waals surface area contributed by atoms with Crippen molar-refractivity contribution in [2.24, 2.45) is 0 Å². The summed E-state index contributed by atoms with van der Waals surface area (Å²) in [6, 6.07) is 6.35. The number of hydrogen-bond donors (Lipinski definition) is 0. The molecule has 0 aliphatic carbocycles. The maximum Gasteiger partial charge on any atom is 0.246 e. The summed E-state index contributed by atoms with van der Waals surface area (Å²) in [5.41, 5.74) is 1.11. The van der Waals surface area contributed by atoms with Crippen molar-refractivity contribution in [1.82, 2.24) is 4.90 Å². The van der Waals surface area contributed by atoms with Gasteiger partial charge in [0.25, 0.3) is 0 Å². The zero-order valence-electron chi connectivity index (χ0n) is 11.2. The van der Waals surface area contributed by atoms with Gasteiger partial charge in [0.2, 0.25) is 5.91 Å². The van der Waals surface area contributed by atoms with E-state index in [2.05, 4.69) is 17.5 Å². The molecule has 104 valence electrons. The fourth-order valence-electron chi connectivity index (χ4n) is 2.55. The molecule has 4 heteroatoms. The molecular weight excluding hydrogens is 286 g/mol. The zero-order chi connectivity index (χ0) is 13.8. The van der Waals surface area contributed by atoms with E-state index in [0.29, 0.717) is 5.92 Å². The minimum Gasteiger partial charge on any atom is -0.339 e. The van der Waals surface area contributed by atoms with Crippen LogP contribution in [0.2, 0.25) is 0 Å². The average Bonchev–Trinajstić information content (AvgIpc) is 3.18. The summed E-state index contributed by atoms with van der Waals surface area (Å²) in [4.78, 5) is 15.6. The number of nitrogens with zero attached hydrogens (tertiary/aromatic N) is 1. The Labute approximate surface area is 127 Å². The molecule has 0 spiro atoms. The van der Waals surface area contributed by atoms with Gasteiger partial charge in [-0.25, -0.2) is 0 Å². The van der Waals surface area contributed by atoms with E-state index in [0.717, 1.165) is 31.5 Å². The summed E-state index contributed by atoms with van der Waals surface area (Å²) in [7, 11) is 0. The van der Waals surface area contributed by atoms with Crippen LogP contribution in [0.15, 0.2) is 40.4 Å². The molecule has 1 saturated heterocycles. The maximum atomic E-state index is 12.1. The standard InChI is InChI=1S/C16H17NOS2/c18-16(4-3-13-7-11-19-12-13)17-8-5-14(6-9-17)15-2-1-10-20-15/h1-4,7,10-12,14H,5-6,8-9H2/b4-3+. The number of piperidine rings is 1. The van der Waals surface area contributed by atoms with Gasteiger partial charge in [-0.15, -0.1) is 11.3 Å². The Bertz CT molecular complexity index is 564. The second-order valence-corrected chi connectivity index (χ2v) is 6.76. The monoisotopic (exact) mass is 303 g/mol. The molecule has 0 bridgehead atoms. The van der Waals surface area contributed by atoms with E-state index in [1.807, 2.05) is 39.1 Å². The Morgan fingerprint density at radius 2 is 2.10 bits per heavy atom. The normalized spacial score (nSPS) is 16.9. The first-order valence-electron chi connectivity index (χ1n) is 6.85. The minimum atomic E-state index is 0.140. The number of hydrogen-bond acceptors (Lipinski definition) is 3. The molecule has 0 N–H and O–H groups in total. The summed E-state index contributed by atoms with van der Waals surface area (Å²) in [6.45, 7) is 1.74. The van der Waals surface area contributed by atoms with Gasteiger partial charge >= 0.3 is 0 Å². The molecule has 2 aromatic rings. The Morgan fingerprint density at radius 3 is 2.75 bits per heavy atom. The lowest BCUT2D eigenvalue weighted by atomic mass is 9.95. The van der Waals surface area contributed by atoms with Crippen molar-refractivity contribution in [2.45, 2.75) is 18.8 Å². The van der Waals surface area contributed by atoms with Gasteiger partial charge in [-0.05, 0) is 58.7 Å². The molecule has 0 saturated carbocycles. The molecule has 0 radical (unpaired) electrons. The third-order valence-electron chi connectivity index (χ3n) is 3.71. The largest absolute Gasteiger partial charge is 0.339 e. The first kappa shape index (κ1) is 13.6. The molecule has 1 aliphatic heterocycles. The van der Waals surface area contributed by atoms with Gasteiger partial charge in [0.1, 0.15) is 0 Å². The fourth-order valence-corrected chi connectivity index (χ4v) is 4.08. The van der Waals surface area contributed by atoms with Gasteiger partial charge < -0.3 is 4.90 Å². The van der Waals surface area contributed by atoms with Crippen LogP contribution in [0.25, 0.3) is 6.08 Å². The molecule has 2 aromatic heterocycles. The lowest BCUT2D eigenvalue weighted by Crippen LogP contribution is -2.36. The highest BCUT2D eigenvalue weighted by Gasteiger charge is 2.23. The van der Waals surface area contributed by atoms with Crippen LogP contribution in [0, 0.1) is 0 Å². The summed E-state index contributed by atoms with van der Waals surface area (Å²) in [5.74, 6) is 0.778. The molecule has 3 rings (SSSR count). The van der Waals surface area contributed by atoms with Crippen molar-refractivity contribution in [1.29, 1.82) is 0 Å². The molecule has 2 nitrogen and oxygen atoms in total. The number of amides is 1. The zero-order valence-corrected chi connectivity index (χ0v) is 12.8. The van der Waals surface area contributed by atoms with Crippen molar-refractivity contribution >= 4 is 34.7 Å². The van der Waals surface area contributed by atoms with Gasteiger partial charge in [-0.1, -0.05) is 6.07 Å². The molecule has 1 amide bonds. The first-order valence-corrected chi connectivity index (χ1v) is 8.68. The predicted octanol–water partition coefficient (Wildman–Crippen LogP) is 4.23. The van der Waals surface area contributed by atoms with Gasteiger partial charge in [0.15, 0.2) is 0 Å². The van der Waals surface area contributed by atoms with E-state index in [-0.39, 0.29) is 5.91 Å². The van der Waals surface area contributed by atoms with E-state index >= 15 is 0 Å². The van der Waals surface area contributed by atoms with Crippen molar-refractivity contribution in [3.63, 3.8) is 0 Å². The Morgan fingerprint density at radius 1 is 1.25 bits per heavy atom. The second-order valence-electron chi connectivity index (χ2n) is 5.00. The lowest BCUT2D eigenvalue weighted by molar-refractivity contribution is -0.126. The van der Waals surface area contributed by atoms with Crippen molar-refractivity contribution in [3.05, 3.63) is 50.9 Å². The minimum absolute atomic E-state index is 0.140. The molecule has 1 fully saturated rings. The fraction of sp³-hybridized carbons (Fsp3) is 0.312. The van der Waals surface area contributed by atoms with Crippen molar-refractivity contribution in [3.8, 4) is 0 Å². The average molecular weight is 303 g/mol. The van der Waals surface area contributed by atoms with E-state index in [4.69, 9.17) is 0 Å². The molecule has 0 unspecified atom stereocenters. The topological polar surface area (TPSA) is 20.3 Å². The number of rotatable bonds is 3. The number of carbonyl (C=O) groups excluding carboxylic acids is 1. The molecular formula is C16H17NOS2. The summed E-state index contributed by atoms with van der Waals surface area (Å²) < 4.78 is 0. The van der Waals surface area contributed by atoms with E-state index in [9.17, 15) is 4.79 Å². The Hall–Kier alpha value is -1.39. The summed E-state index contributed by atoms with van der Waals surface area (Å²) >= 11 is 3.48. The Balaban J connectivity index is 1.54. The van der Waals surface area contributed by atoms with Crippen LogP contribution in [0.5, 0.6) is 0 Å². The van der Waals surface area contributed by atoms with Crippen LogP contribution in [0.1, 0.15) is 29.2 Å². The lowest BCUT2D eigenvalue weighted by Gasteiger charge is -2.30. The molecule has 0 atom stereocenters. The first-order chi connectivity index (χ1) is 9.83.